The van der Waals surface area contributed by atoms with Gasteiger partial charge in [0.2, 0.25) is 5.91 Å². The summed E-state index contributed by atoms with van der Waals surface area (Å²) in [5.74, 6) is 5.16. The molecule has 10 heteroatoms. The Bertz CT molecular complexity index is 1520. The van der Waals surface area contributed by atoms with E-state index in [1.54, 1.807) is 30.5 Å². The Labute approximate surface area is 246 Å². The van der Waals surface area contributed by atoms with Gasteiger partial charge in [-0.25, -0.2) is 4.39 Å². The van der Waals surface area contributed by atoms with Gasteiger partial charge in [-0.15, -0.1) is 0 Å². The number of hydrogen-bond acceptors (Lipinski definition) is 6. The highest BCUT2D eigenvalue weighted by Gasteiger charge is 2.23. The van der Waals surface area contributed by atoms with Gasteiger partial charge in [0.1, 0.15) is 6.67 Å². The van der Waals surface area contributed by atoms with Gasteiger partial charge in [0.05, 0.1) is 47.8 Å². The van der Waals surface area contributed by atoms with Crippen molar-refractivity contribution in [2.24, 2.45) is 0 Å². The minimum absolute atomic E-state index is 0.137. The third-order valence-corrected chi connectivity index (χ3v) is 7.41. The van der Waals surface area contributed by atoms with Gasteiger partial charge < -0.3 is 25.0 Å². The van der Waals surface area contributed by atoms with Crippen molar-refractivity contribution in [1.82, 2.24) is 24.7 Å². The van der Waals surface area contributed by atoms with E-state index in [0.29, 0.717) is 36.2 Å². The Hall–Kier alpha value is -4.25. The van der Waals surface area contributed by atoms with Gasteiger partial charge in [0.25, 0.3) is 0 Å². The van der Waals surface area contributed by atoms with Gasteiger partial charge in [-0.2, -0.15) is 5.26 Å². The molecule has 0 bridgehead atoms. The van der Waals surface area contributed by atoms with Gasteiger partial charge in [-0.3, -0.25) is 14.6 Å². The number of nitrogens with one attached hydrogen (secondary N) is 2. The van der Waals surface area contributed by atoms with Gasteiger partial charge in [0.15, 0.2) is 0 Å². The minimum Gasteiger partial charge on any atom is -0.341 e. The quantitative estimate of drug-likeness (QED) is 0.381. The zero-order valence-corrected chi connectivity index (χ0v) is 24.7. The molecule has 220 valence electrons. The molecule has 3 heterocycles. The number of anilines is 1. The Morgan fingerprint density at radius 1 is 1.17 bits per heavy atom. The number of amides is 2. The first-order valence-corrected chi connectivity index (χ1v) is 14.1. The molecule has 0 saturated carbocycles. The van der Waals surface area contributed by atoms with Crippen LogP contribution >= 0.6 is 0 Å². The van der Waals surface area contributed by atoms with E-state index in [1.165, 1.54) is 6.20 Å². The number of fused-ring (bicyclic) bond motifs is 1. The molecule has 1 aliphatic heterocycles. The largest absolute Gasteiger partial charge is 0.341 e. The van der Waals surface area contributed by atoms with Gasteiger partial charge >= 0.3 is 5.91 Å². The van der Waals surface area contributed by atoms with Crippen molar-refractivity contribution in [3.05, 3.63) is 59.5 Å². The number of likely N-dealkylation sites (tertiary alicyclic amines) is 1. The number of carbonyl (C=O) groups is 2. The highest BCUT2D eigenvalue weighted by atomic mass is 19.1. The van der Waals surface area contributed by atoms with Gasteiger partial charge in [-0.1, -0.05) is 6.07 Å². The van der Waals surface area contributed by atoms with Crippen LogP contribution in [0.4, 0.5) is 10.1 Å². The van der Waals surface area contributed by atoms with Crippen molar-refractivity contribution in [1.29, 1.82) is 5.26 Å². The lowest BCUT2D eigenvalue weighted by molar-refractivity contribution is -0.133. The first kappa shape index (κ1) is 30.7. The van der Waals surface area contributed by atoms with E-state index in [9.17, 15) is 19.2 Å². The predicted molar refractivity (Wildman–Crippen MR) is 161 cm³/mol. The Morgan fingerprint density at radius 2 is 1.93 bits per heavy atom. The average Bonchev–Trinajstić information content (AvgIpc) is 3.31. The first-order valence-electron chi connectivity index (χ1n) is 14.1. The molecule has 2 amide bonds. The highest BCUT2D eigenvalue weighted by molar-refractivity contribution is 6.04. The number of benzene rings is 1. The number of nitriles is 1. The second-order valence-electron chi connectivity index (χ2n) is 11.4. The Balaban J connectivity index is 1.39. The summed E-state index contributed by atoms with van der Waals surface area (Å²) >= 11 is 0. The zero-order valence-electron chi connectivity index (χ0n) is 24.7. The maximum absolute atomic E-state index is 13.4. The minimum atomic E-state index is -0.729. The fourth-order valence-corrected chi connectivity index (χ4v) is 5.00. The van der Waals surface area contributed by atoms with Crippen molar-refractivity contribution < 1.29 is 14.0 Å². The van der Waals surface area contributed by atoms with Crippen LogP contribution in [0.15, 0.2) is 42.6 Å². The number of hydrogen-bond donors (Lipinski definition) is 2. The summed E-state index contributed by atoms with van der Waals surface area (Å²) in [5.41, 5.74) is 2.86. The summed E-state index contributed by atoms with van der Waals surface area (Å²) in [6, 6.07) is 13.9. The molecule has 0 spiro atoms. The van der Waals surface area contributed by atoms with Crippen LogP contribution in [0.25, 0.3) is 10.9 Å². The van der Waals surface area contributed by atoms with Crippen molar-refractivity contribution in [3.63, 3.8) is 0 Å². The number of halogens is 1. The van der Waals surface area contributed by atoms with Crippen molar-refractivity contribution >= 4 is 28.4 Å². The number of pyridine rings is 1. The third-order valence-electron chi connectivity index (χ3n) is 7.41. The molecule has 1 aliphatic rings. The fourth-order valence-electron chi connectivity index (χ4n) is 5.00. The predicted octanol–water partition coefficient (Wildman–Crippen LogP) is 3.44. The highest BCUT2D eigenvalue weighted by Crippen LogP contribution is 2.23. The van der Waals surface area contributed by atoms with E-state index < -0.39 is 18.0 Å². The summed E-state index contributed by atoms with van der Waals surface area (Å²) in [5, 5.41) is 16.5. The fraction of sp³-hybridized carbons (Fsp3) is 0.438. The molecule has 0 atom stereocenters. The molecule has 2 N–H and O–H groups in total. The lowest BCUT2D eigenvalue weighted by atomic mass is 9.91. The molecular formula is C32H38FN7O2. The van der Waals surface area contributed by atoms with Gasteiger partial charge in [-0.05, 0) is 82.6 Å². The molecule has 42 heavy (non-hydrogen) atoms. The smallest absolute Gasteiger partial charge is 0.300 e. The number of piperidine rings is 1. The van der Waals surface area contributed by atoms with Crippen molar-refractivity contribution in [2.45, 2.75) is 51.2 Å². The van der Waals surface area contributed by atoms with E-state index in [-0.39, 0.29) is 12.5 Å². The molecule has 4 rings (SSSR count). The molecule has 1 saturated heterocycles. The summed E-state index contributed by atoms with van der Waals surface area (Å²) in [6.07, 6.45) is 3.32. The number of alkyl halides is 1. The topological polar surface area (TPSA) is 106 Å². The van der Waals surface area contributed by atoms with Crippen LogP contribution in [0.3, 0.4) is 0 Å². The van der Waals surface area contributed by atoms with Crippen LogP contribution < -0.4 is 10.6 Å². The average molecular weight is 572 g/mol. The second kappa shape index (κ2) is 13.6. The lowest BCUT2D eigenvalue weighted by Crippen LogP contribution is -2.47. The molecule has 1 aromatic carbocycles. The molecule has 0 radical (unpaired) electrons. The maximum atomic E-state index is 13.4. The standard InChI is InChI=1S/C32H38FN7O2/c1-32(2,22-34)29-9-6-26(20-36-29)37-30(41)10-7-27-18-24-17-23(5-8-28(24)40(27)16-13-33)19-35-25-11-14-39(15-12-25)31(42)21-38(3)4/h5-6,8-9,17-18,20,25,35H,11-16,19,21H2,1-4H3,(H,37,41). The summed E-state index contributed by atoms with van der Waals surface area (Å²) in [7, 11) is 3.81. The SMILES string of the molecule is CN(C)CC(=O)N1CCC(NCc2ccc3c(c2)cc(C#CC(=O)Nc2ccc(C(C)(C)C#N)nc2)n3CCF)CC1. The number of rotatable bonds is 9. The Morgan fingerprint density at radius 3 is 2.57 bits per heavy atom. The molecule has 3 aromatic rings. The van der Waals surface area contributed by atoms with E-state index >= 15 is 0 Å². The molecule has 1 fully saturated rings. The molecule has 0 unspecified atom stereocenters. The third kappa shape index (κ3) is 7.73. The molecular weight excluding hydrogens is 533 g/mol. The zero-order chi connectivity index (χ0) is 30.3. The second-order valence-corrected chi connectivity index (χ2v) is 11.4. The number of nitrogens with zero attached hydrogens (tertiary/aromatic N) is 5. The van der Waals surface area contributed by atoms with Crippen molar-refractivity contribution in [3.8, 4) is 17.9 Å². The van der Waals surface area contributed by atoms with E-state index in [4.69, 9.17) is 0 Å². The normalized spacial score (nSPS) is 14.0. The van der Waals surface area contributed by atoms with Crippen LogP contribution in [0.1, 0.15) is 43.6 Å². The maximum Gasteiger partial charge on any atom is 0.300 e. The summed E-state index contributed by atoms with van der Waals surface area (Å²) < 4.78 is 15.2. The lowest BCUT2D eigenvalue weighted by Gasteiger charge is -2.33. The Kier molecular flexibility index (Phi) is 9.95. The molecule has 2 aromatic heterocycles. The van der Waals surface area contributed by atoms with Gasteiger partial charge in [0, 0.05) is 42.5 Å². The first-order chi connectivity index (χ1) is 20.1. The van der Waals surface area contributed by atoms with Crippen LogP contribution in [-0.4, -0.2) is 77.6 Å². The number of likely N-dealkylation sites (N-methyl/N-ethyl adjacent to an activating group) is 1. The van der Waals surface area contributed by atoms with Crippen LogP contribution in [-0.2, 0) is 28.1 Å². The van der Waals surface area contributed by atoms with Crippen LogP contribution in [0.2, 0.25) is 0 Å². The van der Waals surface area contributed by atoms with E-state index in [2.05, 4.69) is 39.6 Å². The summed E-state index contributed by atoms with van der Waals surface area (Å²) in [6.45, 7) is 5.76. The van der Waals surface area contributed by atoms with Crippen LogP contribution in [0, 0.1) is 23.2 Å². The number of carbonyl (C=O) groups excluding carboxylic acids is 2. The molecule has 9 nitrogen and oxygen atoms in total. The van der Waals surface area contributed by atoms with E-state index in [1.807, 2.05) is 42.1 Å². The number of aryl methyl sites for hydroxylation is 1. The molecule has 0 aliphatic carbocycles. The van der Waals surface area contributed by atoms with E-state index in [0.717, 1.165) is 42.4 Å². The monoisotopic (exact) mass is 571 g/mol. The van der Waals surface area contributed by atoms with Crippen molar-refractivity contribution in [2.75, 3.05) is 45.7 Å². The van der Waals surface area contributed by atoms with Crippen LogP contribution in [0.5, 0.6) is 0 Å². The number of aromatic nitrogens is 2. The summed E-state index contributed by atoms with van der Waals surface area (Å²) in [4.78, 5) is 32.9.